The number of hydrogen-bond acceptors (Lipinski definition) is 5. The smallest absolute Gasteiger partial charge is 0.254 e. The van der Waals surface area contributed by atoms with E-state index in [2.05, 4.69) is 32.3 Å². The molecule has 1 aliphatic carbocycles. The number of para-hydroxylation sites is 1. The van der Waals surface area contributed by atoms with Gasteiger partial charge in [0.15, 0.2) is 12.2 Å². The lowest BCUT2D eigenvalue weighted by atomic mass is 9.98. The van der Waals surface area contributed by atoms with Gasteiger partial charge in [-0.15, -0.1) is 0 Å². The molecule has 0 atom stereocenters. The van der Waals surface area contributed by atoms with Crippen molar-refractivity contribution >= 4 is 27.8 Å². The molecule has 0 radical (unpaired) electrons. The topological polar surface area (TPSA) is 78.3 Å². The molecule has 9 heteroatoms. The van der Waals surface area contributed by atoms with Crippen LogP contribution < -0.4 is 4.74 Å². The lowest BCUT2D eigenvalue weighted by molar-refractivity contribution is 0.0735. The number of aromatic nitrogens is 4. The molecule has 0 N–H and O–H groups in total. The highest BCUT2D eigenvalue weighted by Crippen LogP contribution is 2.39. The Labute approximate surface area is 231 Å². The van der Waals surface area contributed by atoms with Crippen molar-refractivity contribution in [2.45, 2.75) is 38.6 Å². The Balaban J connectivity index is 1.28. The van der Waals surface area contributed by atoms with Crippen molar-refractivity contribution in [3.05, 3.63) is 65.9 Å². The number of benzene rings is 2. The van der Waals surface area contributed by atoms with Gasteiger partial charge in [-0.1, -0.05) is 12.1 Å². The van der Waals surface area contributed by atoms with Gasteiger partial charge in [0.05, 0.1) is 41.7 Å². The summed E-state index contributed by atoms with van der Waals surface area (Å²) in [7, 11) is 2.04. The maximum atomic E-state index is 13.2. The van der Waals surface area contributed by atoms with Crippen LogP contribution in [0.2, 0.25) is 0 Å². The van der Waals surface area contributed by atoms with Crippen LogP contribution in [0, 0.1) is 5.92 Å². The van der Waals surface area contributed by atoms with E-state index in [0.29, 0.717) is 44.0 Å². The Morgan fingerprint density at radius 2 is 2.10 bits per heavy atom. The van der Waals surface area contributed by atoms with E-state index in [1.807, 2.05) is 25.2 Å². The standard InChI is InChI=1S/C31H32FN5O3/c1-35-26-14-21-8-12-36(11-3-10-32)31(38)24(21)16-25(26)34-30(35)27-15-22-4-2-5-28(29(22)37(27)18-20-6-7-20)39-13-9-23-17-33-19-40-23/h2,4-5,14-17,19-20H,3,6-13,18H2,1H3. The largest absolute Gasteiger partial charge is 0.491 e. The van der Waals surface area contributed by atoms with Gasteiger partial charge in [-0.25, -0.2) is 9.97 Å². The number of imidazole rings is 1. The zero-order valence-corrected chi connectivity index (χ0v) is 22.6. The van der Waals surface area contributed by atoms with E-state index in [-0.39, 0.29) is 5.91 Å². The first-order chi connectivity index (χ1) is 19.6. The molecule has 1 fully saturated rings. The lowest BCUT2D eigenvalue weighted by Crippen LogP contribution is -2.38. The van der Waals surface area contributed by atoms with Gasteiger partial charge < -0.3 is 23.2 Å². The molecule has 0 unspecified atom stereocenters. The van der Waals surface area contributed by atoms with Crippen molar-refractivity contribution in [3.8, 4) is 17.3 Å². The van der Waals surface area contributed by atoms with E-state index in [9.17, 15) is 9.18 Å². The molecular weight excluding hydrogens is 509 g/mol. The zero-order valence-electron chi connectivity index (χ0n) is 22.6. The molecule has 3 aromatic heterocycles. The van der Waals surface area contributed by atoms with Gasteiger partial charge in [-0.05, 0) is 61.4 Å². The molecule has 1 aliphatic heterocycles. The van der Waals surface area contributed by atoms with Crippen LogP contribution in [0.4, 0.5) is 4.39 Å². The number of amides is 1. The molecule has 0 bridgehead atoms. The number of aryl methyl sites for hydroxylation is 1. The van der Waals surface area contributed by atoms with Crippen LogP contribution in [0.3, 0.4) is 0 Å². The molecule has 1 amide bonds. The Morgan fingerprint density at radius 1 is 1.20 bits per heavy atom. The maximum Gasteiger partial charge on any atom is 0.254 e. The third kappa shape index (κ3) is 4.43. The number of oxazole rings is 1. The first-order valence-electron chi connectivity index (χ1n) is 14.1. The number of alkyl halides is 1. The van der Waals surface area contributed by atoms with Gasteiger partial charge >= 0.3 is 0 Å². The summed E-state index contributed by atoms with van der Waals surface area (Å²) in [4.78, 5) is 24.0. The van der Waals surface area contributed by atoms with Crippen molar-refractivity contribution < 1.29 is 18.3 Å². The van der Waals surface area contributed by atoms with Crippen LogP contribution in [0.25, 0.3) is 33.5 Å². The van der Waals surface area contributed by atoms with Crippen molar-refractivity contribution in [3.63, 3.8) is 0 Å². The number of halogens is 1. The van der Waals surface area contributed by atoms with Gasteiger partial charge in [-0.3, -0.25) is 9.18 Å². The van der Waals surface area contributed by atoms with Crippen LogP contribution in [-0.4, -0.2) is 56.3 Å². The van der Waals surface area contributed by atoms with Crippen molar-refractivity contribution in [2.75, 3.05) is 26.4 Å². The monoisotopic (exact) mass is 541 g/mol. The van der Waals surface area contributed by atoms with E-state index in [4.69, 9.17) is 14.1 Å². The normalized spacial score (nSPS) is 15.3. The van der Waals surface area contributed by atoms with Gasteiger partial charge in [0, 0.05) is 44.1 Å². The predicted molar refractivity (Wildman–Crippen MR) is 150 cm³/mol. The second-order valence-electron chi connectivity index (χ2n) is 10.9. The number of carbonyl (C=O) groups is 1. The zero-order chi connectivity index (χ0) is 27.2. The molecule has 4 heterocycles. The summed E-state index contributed by atoms with van der Waals surface area (Å²) in [6.07, 6.45) is 7.39. The fourth-order valence-electron chi connectivity index (χ4n) is 5.88. The summed E-state index contributed by atoms with van der Waals surface area (Å²) in [6, 6.07) is 12.4. The summed E-state index contributed by atoms with van der Waals surface area (Å²) < 4.78 is 28.9. The van der Waals surface area contributed by atoms with Crippen molar-refractivity contribution in [1.29, 1.82) is 0 Å². The van der Waals surface area contributed by atoms with Crippen LogP contribution in [0.5, 0.6) is 5.75 Å². The minimum Gasteiger partial charge on any atom is -0.491 e. The number of hydrogen-bond donors (Lipinski definition) is 0. The molecule has 7 rings (SSSR count). The van der Waals surface area contributed by atoms with Crippen molar-refractivity contribution in [2.24, 2.45) is 13.0 Å². The Morgan fingerprint density at radius 3 is 2.90 bits per heavy atom. The molecule has 8 nitrogen and oxygen atoms in total. The minimum atomic E-state index is -0.414. The highest BCUT2D eigenvalue weighted by atomic mass is 19.1. The van der Waals surface area contributed by atoms with E-state index >= 15 is 0 Å². The Kier molecular flexibility index (Phi) is 6.29. The second-order valence-corrected chi connectivity index (χ2v) is 10.9. The van der Waals surface area contributed by atoms with E-state index in [0.717, 1.165) is 63.5 Å². The van der Waals surface area contributed by atoms with E-state index in [1.165, 1.54) is 19.2 Å². The molecule has 40 heavy (non-hydrogen) atoms. The number of rotatable bonds is 10. The van der Waals surface area contributed by atoms with Crippen molar-refractivity contribution in [1.82, 2.24) is 24.0 Å². The molecule has 2 aromatic carbocycles. The van der Waals surface area contributed by atoms with Gasteiger partial charge in [-0.2, -0.15) is 0 Å². The SMILES string of the molecule is Cn1c(-c2cc3cccc(OCCc4cnco4)c3n2CC2CC2)nc2cc3c(cc21)CCN(CCCF)C3=O. The summed E-state index contributed by atoms with van der Waals surface area (Å²) in [5.74, 6) is 3.12. The number of nitrogens with zero attached hydrogens (tertiary/aromatic N) is 5. The predicted octanol–water partition coefficient (Wildman–Crippen LogP) is 5.57. The molecular formula is C31H32FN5O3. The Bertz CT molecular complexity index is 1700. The van der Waals surface area contributed by atoms with Gasteiger partial charge in [0.25, 0.3) is 5.91 Å². The second kappa shape index (κ2) is 10.1. The van der Waals surface area contributed by atoms with Gasteiger partial charge in [0.1, 0.15) is 11.5 Å². The third-order valence-corrected chi connectivity index (χ3v) is 8.18. The van der Waals surface area contributed by atoms with Crippen LogP contribution in [0.15, 0.2) is 53.4 Å². The Hall–Kier alpha value is -4.14. The number of fused-ring (bicyclic) bond motifs is 3. The molecule has 0 saturated heterocycles. The van der Waals surface area contributed by atoms with E-state index in [1.54, 1.807) is 11.1 Å². The third-order valence-electron chi connectivity index (χ3n) is 8.18. The van der Waals surface area contributed by atoms with E-state index < -0.39 is 6.67 Å². The quantitative estimate of drug-likeness (QED) is 0.231. The average molecular weight is 542 g/mol. The lowest BCUT2D eigenvalue weighted by Gasteiger charge is -2.28. The minimum absolute atomic E-state index is 0.0289. The van der Waals surface area contributed by atoms with Crippen LogP contribution in [-0.2, 0) is 26.4 Å². The first-order valence-corrected chi connectivity index (χ1v) is 14.1. The molecule has 0 spiro atoms. The summed E-state index contributed by atoms with van der Waals surface area (Å²) >= 11 is 0. The summed E-state index contributed by atoms with van der Waals surface area (Å²) in [5, 5.41) is 1.11. The maximum absolute atomic E-state index is 13.2. The fourth-order valence-corrected chi connectivity index (χ4v) is 5.88. The average Bonchev–Trinajstić information content (AvgIpc) is 3.34. The molecule has 2 aliphatic rings. The molecule has 1 saturated carbocycles. The van der Waals surface area contributed by atoms with Gasteiger partial charge in [0.2, 0.25) is 0 Å². The van der Waals surface area contributed by atoms with Crippen LogP contribution >= 0.6 is 0 Å². The summed E-state index contributed by atoms with van der Waals surface area (Å²) in [5.41, 5.74) is 5.63. The highest BCUT2D eigenvalue weighted by molar-refractivity contribution is 6.00. The fraction of sp³-hybridized carbons (Fsp3) is 0.387. The summed E-state index contributed by atoms with van der Waals surface area (Å²) in [6.45, 7) is 2.05. The number of carbonyl (C=O) groups excluding carboxylic acids is 1. The highest BCUT2D eigenvalue weighted by Gasteiger charge is 2.28. The van der Waals surface area contributed by atoms with Crippen LogP contribution in [0.1, 0.15) is 40.9 Å². The molecule has 206 valence electrons. The molecule has 5 aromatic rings. The first kappa shape index (κ1) is 24.9. The number of ether oxygens (including phenoxy) is 1.